The van der Waals surface area contributed by atoms with Crippen LogP contribution >= 0.6 is 15.9 Å². The normalized spacial score (nSPS) is 23.6. The van der Waals surface area contributed by atoms with Gasteiger partial charge in [-0.3, -0.25) is 9.59 Å². The van der Waals surface area contributed by atoms with E-state index >= 15 is 0 Å². The Kier molecular flexibility index (Phi) is 4.06. The molecule has 2 rings (SSSR count). The van der Waals surface area contributed by atoms with Crippen LogP contribution in [0.2, 0.25) is 0 Å². The second-order valence-corrected chi connectivity index (χ2v) is 5.14. The number of hydrogen-bond acceptors (Lipinski definition) is 3. The Bertz CT molecular complexity index is 457. The van der Waals surface area contributed by atoms with Gasteiger partial charge in [-0.05, 0) is 34.8 Å². The number of carboxylic acid groups (broad SMARTS) is 1. The van der Waals surface area contributed by atoms with E-state index in [1.54, 1.807) is 6.07 Å². The van der Waals surface area contributed by atoms with Crippen molar-refractivity contribution >= 4 is 27.8 Å². The van der Waals surface area contributed by atoms with Gasteiger partial charge >= 0.3 is 5.97 Å². The summed E-state index contributed by atoms with van der Waals surface area (Å²) in [6, 6.07) is 1.25. The summed E-state index contributed by atoms with van der Waals surface area (Å²) in [5.41, 5.74) is 0.393. The number of rotatable bonds is 3. The number of hydrogen-bond donors (Lipinski definition) is 2. The third-order valence-corrected chi connectivity index (χ3v) is 3.88. The topological polar surface area (TPSA) is 79.5 Å². The van der Waals surface area contributed by atoms with Gasteiger partial charge in [0.2, 0.25) is 0 Å². The average Bonchev–Trinajstić information content (AvgIpc) is 2.76. The van der Waals surface area contributed by atoms with E-state index in [0.29, 0.717) is 23.1 Å². The molecule has 2 atom stereocenters. The Morgan fingerprint density at radius 3 is 2.72 bits per heavy atom. The van der Waals surface area contributed by atoms with Crippen molar-refractivity contribution in [3.8, 4) is 0 Å². The van der Waals surface area contributed by atoms with Gasteiger partial charge in [0, 0.05) is 6.04 Å². The third kappa shape index (κ3) is 2.75. The van der Waals surface area contributed by atoms with Gasteiger partial charge in [-0.15, -0.1) is 0 Å². The van der Waals surface area contributed by atoms with Gasteiger partial charge in [-0.25, -0.2) is 0 Å². The van der Waals surface area contributed by atoms with E-state index in [1.807, 2.05) is 0 Å². The summed E-state index contributed by atoms with van der Waals surface area (Å²) >= 11 is 3.13. The van der Waals surface area contributed by atoms with Crippen LogP contribution in [0.1, 0.15) is 36.0 Å². The van der Waals surface area contributed by atoms with Crippen LogP contribution in [0.25, 0.3) is 0 Å². The summed E-state index contributed by atoms with van der Waals surface area (Å²) in [4.78, 5) is 23.1. The first-order valence-electron chi connectivity index (χ1n) is 5.86. The molecule has 1 saturated carbocycles. The molecule has 5 nitrogen and oxygen atoms in total. The molecule has 1 amide bonds. The Labute approximate surface area is 113 Å². The predicted octanol–water partition coefficient (Wildman–Crippen LogP) is 2.42. The first-order chi connectivity index (χ1) is 8.59. The number of carbonyl (C=O) groups is 2. The molecule has 1 heterocycles. The van der Waals surface area contributed by atoms with Crippen molar-refractivity contribution in [2.45, 2.75) is 31.7 Å². The van der Waals surface area contributed by atoms with E-state index in [2.05, 4.69) is 21.2 Å². The minimum atomic E-state index is -0.841. The average molecular weight is 316 g/mol. The summed E-state index contributed by atoms with van der Waals surface area (Å²) in [5, 5.41) is 11.9. The van der Waals surface area contributed by atoms with Crippen LogP contribution in [-0.4, -0.2) is 23.0 Å². The molecule has 0 aromatic carbocycles. The zero-order valence-electron chi connectivity index (χ0n) is 9.69. The maximum absolute atomic E-state index is 12.0. The van der Waals surface area contributed by atoms with Crippen molar-refractivity contribution in [2.24, 2.45) is 5.92 Å². The maximum Gasteiger partial charge on any atom is 0.308 e. The van der Waals surface area contributed by atoms with Gasteiger partial charge in [0.25, 0.3) is 5.91 Å². The quantitative estimate of drug-likeness (QED) is 0.897. The molecule has 1 aliphatic rings. The molecule has 1 aromatic heterocycles. The van der Waals surface area contributed by atoms with Crippen LogP contribution in [0, 0.1) is 5.92 Å². The molecule has 0 radical (unpaired) electrons. The maximum atomic E-state index is 12.0. The number of carboxylic acids is 1. The first-order valence-corrected chi connectivity index (χ1v) is 6.65. The van der Waals surface area contributed by atoms with Crippen molar-refractivity contribution in [3.63, 3.8) is 0 Å². The number of nitrogens with one attached hydrogen (secondary N) is 1. The number of amides is 1. The van der Waals surface area contributed by atoms with Crippen LogP contribution < -0.4 is 5.32 Å². The van der Waals surface area contributed by atoms with Crippen molar-refractivity contribution in [2.75, 3.05) is 0 Å². The van der Waals surface area contributed by atoms with Crippen molar-refractivity contribution < 1.29 is 19.1 Å². The van der Waals surface area contributed by atoms with E-state index in [4.69, 9.17) is 9.52 Å². The lowest BCUT2D eigenvalue weighted by Gasteiger charge is -2.29. The Hall–Kier alpha value is -1.30. The lowest BCUT2D eigenvalue weighted by Crippen LogP contribution is -2.45. The lowest BCUT2D eigenvalue weighted by atomic mass is 9.84. The van der Waals surface area contributed by atoms with Gasteiger partial charge in [0.1, 0.15) is 0 Å². The molecular weight excluding hydrogens is 302 g/mol. The summed E-state index contributed by atoms with van der Waals surface area (Å²) in [7, 11) is 0. The molecule has 1 fully saturated rings. The van der Waals surface area contributed by atoms with Crippen LogP contribution in [0.15, 0.2) is 21.4 Å². The molecule has 0 aliphatic heterocycles. The van der Waals surface area contributed by atoms with Crippen LogP contribution in [0.4, 0.5) is 0 Å². The zero-order chi connectivity index (χ0) is 13.1. The second-order valence-electron chi connectivity index (χ2n) is 4.42. The molecule has 1 aromatic rings. The van der Waals surface area contributed by atoms with Crippen molar-refractivity contribution in [1.82, 2.24) is 5.32 Å². The highest BCUT2D eigenvalue weighted by atomic mass is 79.9. The summed E-state index contributed by atoms with van der Waals surface area (Å²) in [6.07, 6.45) is 4.58. The third-order valence-electron chi connectivity index (χ3n) is 3.26. The number of furan rings is 1. The Morgan fingerprint density at radius 1 is 1.39 bits per heavy atom. The largest absolute Gasteiger partial charge is 0.481 e. The fourth-order valence-corrected chi connectivity index (χ4v) is 2.72. The molecule has 6 heteroatoms. The van der Waals surface area contributed by atoms with Crippen LogP contribution in [-0.2, 0) is 4.79 Å². The van der Waals surface area contributed by atoms with E-state index in [1.165, 1.54) is 6.26 Å². The fourth-order valence-electron chi connectivity index (χ4n) is 2.30. The molecular formula is C12H14BrNO4. The number of halogens is 1. The minimum Gasteiger partial charge on any atom is -0.481 e. The first kappa shape index (κ1) is 13.1. The van der Waals surface area contributed by atoms with E-state index in [-0.39, 0.29) is 11.9 Å². The highest BCUT2D eigenvalue weighted by Crippen LogP contribution is 2.25. The summed E-state index contributed by atoms with van der Waals surface area (Å²) in [5.74, 6) is -1.63. The number of aliphatic carboxylic acids is 1. The van der Waals surface area contributed by atoms with Crippen molar-refractivity contribution in [3.05, 3.63) is 22.6 Å². The van der Waals surface area contributed by atoms with Crippen molar-refractivity contribution in [1.29, 1.82) is 0 Å². The molecule has 1 aliphatic carbocycles. The van der Waals surface area contributed by atoms with E-state index < -0.39 is 11.9 Å². The Balaban J connectivity index is 2.05. The van der Waals surface area contributed by atoms with Crippen LogP contribution in [0.3, 0.4) is 0 Å². The molecule has 2 N–H and O–H groups in total. The highest BCUT2D eigenvalue weighted by molar-refractivity contribution is 9.10. The van der Waals surface area contributed by atoms with Gasteiger partial charge < -0.3 is 14.8 Å². The molecule has 0 bridgehead atoms. The van der Waals surface area contributed by atoms with E-state index in [9.17, 15) is 9.59 Å². The minimum absolute atomic E-state index is 0.297. The SMILES string of the molecule is O=C(NC1CCCCC1C(=O)O)c1ccoc1Br. The van der Waals surface area contributed by atoms with Crippen LogP contribution in [0.5, 0.6) is 0 Å². The molecule has 18 heavy (non-hydrogen) atoms. The summed E-state index contributed by atoms with van der Waals surface area (Å²) in [6.45, 7) is 0. The van der Waals surface area contributed by atoms with Gasteiger partial charge in [-0.1, -0.05) is 12.8 Å². The number of carbonyl (C=O) groups excluding carboxylic acids is 1. The summed E-state index contributed by atoms with van der Waals surface area (Å²) < 4.78 is 5.35. The van der Waals surface area contributed by atoms with Gasteiger partial charge in [0.15, 0.2) is 4.67 Å². The fraction of sp³-hybridized carbons (Fsp3) is 0.500. The standard InChI is InChI=1S/C12H14BrNO4/c13-10-8(5-6-18-10)11(15)14-9-4-2-1-3-7(9)12(16)17/h5-7,9H,1-4H2,(H,14,15)(H,16,17). The van der Waals surface area contributed by atoms with Gasteiger partial charge in [0.05, 0.1) is 17.7 Å². The zero-order valence-corrected chi connectivity index (χ0v) is 11.3. The molecule has 98 valence electrons. The monoisotopic (exact) mass is 315 g/mol. The lowest BCUT2D eigenvalue weighted by molar-refractivity contribution is -0.143. The molecule has 0 saturated heterocycles. The van der Waals surface area contributed by atoms with E-state index in [0.717, 1.165) is 12.8 Å². The van der Waals surface area contributed by atoms with Gasteiger partial charge in [-0.2, -0.15) is 0 Å². The molecule has 0 spiro atoms. The Morgan fingerprint density at radius 2 is 2.11 bits per heavy atom. The predicted molar refractivity (Wildman–Crippen MR) is 67.3 cm³/mol. The highest BCUT2D eigenvalue weighted by Gasteiger charge is 2.32. The second kappa shape index (κ2) is 5.56. The molecule has 2 unspecified atom stereocenters. The smallest absolute Gasteiger partial charge is 0.308 e.